The number of sulfone groups is 1. The molecule has 0 amide bonds. The van der Waals surface area contributed by atoms with E-state index in [1.165, 1.54) is 24.3 Å². The summed E-state index contributed by atoms with van der Waals surface area (Å²) >= 11 is 5.74. The molecule has 2 rings (SSSR count). The highest BCUT2D eigenvalue weighted by Gasteiger charge is 2.38. The van der Waals surface area contributed by atoms with E-state index in [0.29, 0.717) is 5.02 Å². The highest BCUT2D eigenvalue weighted by atomic mass is 35.5. The van der Waals surface area contributed by atoms with Crippen LogP contribution in [0.4, 0.5) is 0 Å². The number of halogens is 1. The van der Waals surface area contributed by atoms with Crippen LogP contribution < -0.4 is 0 Å². The van der Waals surface area contributed by atoms with E-state index in [-0.39, 0.29) is 36.0 Å². The minimum absolute atomic E-state index is 0.0320. The maximum atomic E-state index is 12.6. The molecule has 0 saturated carbocycles. The van der Waals surface area contributed by atoms with Crippen molar-refractivity contribution in [3.63, 3.8) is 0 Å². The minimum Gasteiger partial charge on any atom is -0.395 e. The fraction of sp³-hybridized carbons (Fsp3) is 0.500. The van der Waals surface area contributed by atoms with Crippen molar-refractivity contribution in [3.05, 3.63) is 29.3 Å². The quantitative estimate of drug-likeness (QED) is 0.832. The number of aliphatic hydroxyl groups is 1. The van der Waals surface area contributed by atoms with Gasteiger partial charge in [0.2, 0.25) is 10.0 Å². The zero-order valence-electron chi connectivity index (χ0n) is 11.1. The molecule has 9 heteroatoms. The van der Waals surface area contributed by atoms with Gasteiger partial charge in [-0.2, -0.15) is 4.31 Å². The van der Waals surface area contributed by atoms with Crippen LogP contribution in [0.3, 0.4) is 0 Å². The molecule has 1 atom stereocenters. The zero-order chi connectivity index (χ0) is 15.7. The predicted octanol–water partition coefficient (Wildman–Crippen LogP) is 0.510. The molecule has 1 heterocycles. The number of aliphatic hydroxyl groups excluding tert-OH is 1. The molecule has 0 radical (unpaired) electrons. The lowest BCUT2D eigenvalue weighted by Crippen LogP contribution is -2.42. The van der Waals surface area contributed by atoms with Crippen LogP contribution in [0, 0.1) is 0 Å². The summed E-state index contributed by atoms with van der Waals surface area (Å²) in [6, 6.07) is 5.01. The number of hydrogen-bond donors (Lipinski definition) is 1. The predicted molar refractivity (Wildman–Crippen MR) is 79.5 cm³/mol. The standard InChI is InChI=1S/C12H16ClNO5S2/c13-10-1-3-12(4-2-10)21(18,19)14(6-7-15)11-5-8-20(16,17)9-11/h1-4,11,15H,5-9H2/t11-/m1/s1. The Bertz CT molecular complexity index is 700. The van der Waals surface area contributed by atoms with Gasteiger partial charge in [-0.15, -0.1) is 0 Å². The van der Waals surface area contributed by atoms with Gasteiger partial charge in [-0.3, -0.25) is 0 Å². The fourth-order valence-corrected chi connectivity index (χ4v) is 5.94. The van der Waals surface area contributed by atoms with E-state index in [1.54, 1.807) is 0 Å². The Morgan fingerprint density at radius 2 is 1.90 bits per heavy atom. The first-order valence-corrected chi connectivity index (χ1v) is 9.99. The van der Waals surface area contributed by atoms with Crippen molar-refractivity contribution in [2.75, 3.05) is 24.7 Å². The summed E-state index contributed by atoms with van der Waals surface area (Å²) in [6.45, 7) is -0.505. The summed E-state index contributed by atoms with van der Waals surface area (Å²) in [6.07, 6.45) is 0.245. The Labute approximate surface area is 129 Å². The van der Waals surface area contributed by atoms with Gasteiger partial charge < -0.3 is 5.11 Å². The van der Waals surface area contributed by atoms with Gasteiger partial charge in [0.15, 0.2) is 9.84 Å². The summed E-state index contributed by atoms with van der Waals surface area (Å²) in [5.41, 5.74) is 0. The number of benzene rings is 1. The van der Waals surface area contributed by atoms with Crippen LogP contribution in [0.15, 0.2) is 29.2 Å². The van der Waals surface area contributed by atoms with Crippen LogP contribution in [-0.4, -0.2) is 56.9 Å². The topological polar surface area (TPSA) is 91.8 Å². The van der Waals surface area contributed by atoms with Crippen molar-refractivity contribution < 1.29 is 21.9 Å². The Hall–Kier alpha value is -0.670. The number of nitrogens with zero attached hydrogens (tertiary/aromatic N) is 1. The summed E-state index contributed by atoms with van der Waals surface area (Å²) in [4.78, 5) is 0.0321. The lowest BCUT2D eigenvalue weighted by atomic mass is 10.3. The fourth-order valence-electron chi connectivity index (χ4n) is 2.34. The van der Waals surface area contributed by atoms with Gasteiger partial charge in [-0.25, -0.2) is 16.8 Å². The zero-order valence-corrected chi connectivity index (χ0v) is 13.5. The Kier molecular flexibility index (Phi) is 4.94. The first-order chi connectivity index (χ1) is 9.76. The van der Waals surface area contributed by atoms with Crippen molar-refractivity contribution in [3.8, 4) is 0 Å². The molecule has 118 valence electrons. The molecule has 1 aliphatic rings. The second-order valence-corrected chi connectivity index (χ2v) is 9.41. The molecule has 21 heavy (non-hydrogen) atoms. The molecule has 1 saturated heterocycles. The van der Waals surface area contributed by atoms with Crippen LogP contribution in [0.25, 0.3) is 0 Å². The third-order valence-electron chi connectivity index (χ3n) is 3.36. The van der Waals surface area contributed by atoms with Gasteiger partial charge >= 0.3 is 0 Å². The average Bonchev–Trinajstić information content (AvgIpc) is 2.76. The highest BCUT2D eigenvalue weighted by molar-refractivity contribution is 7.92. The largest absolute Gasteiger partial charge is 0.395 e. The molecule has 0 spiro atoms. The van der Waals surface area contributed by atoms with Crippen molar-refractivity contribution in [2.45, 2.75) is 17.4 Å². The molecule has 1 fully saturated rings. The molecule has 1 aliphatic heterocycles. The molecule has 0 bridgehead atoms. The molecule has 6 nitrogen and oxygen atoms in total. The van der Waals surface area contributed by atoms with Crippen LogP contribution in [0.1, 0.15) is 6.42 Å². The molecular weight excluding hydrogens is 338 g/mol. The van der Waals surface area contributed by atoms with Crippen molar-refractivity contribution >= 4 is 31.5 Å². The third kappa shape index (κ3) is 3.75. The van der Waals surface area contributed by atoms with Gasteiger partial charge in [0.1, 0.15) is 0 Å². The average molecular weight is 354 g/mol. The van der Waals surface area contributed by atoms with Gasteiger partial charge in [0.05, 0.1) is 23.0 Å². The summed E-state index contributed by atoms with van der Waals surface area (Å²) in [5.74, 6) is -0.241. The first-order valence-electron chi connectivity index (χ1n) is 6.35. The summed E-state index contributed by atoms with van der Waals surface area (Å²) in [7, 11) is -7.08. The van der Waals surface area contributed by atoms with Crippen molar-refractivity contribution in [2.24, 2.45) is 0 Å². The molecule has 1 N–H and O–H groups in total. The van der Waals surface area contributed by atoms with E-state index in [0.717, 1.165) is 4.31 Å². The lowest BCUT2D eigenvalue weighted by molar-refractivity contribution is 0.232. The van der Waals surface area contributed by atoms with E-state index in [4.69, 9.17) is 16.7 Å². The highest BCUT2D eigenvalue weighted by Crippen LogP contribution is 2.25. The normalized spacial score (nSPS) is 21.8. The minimum atomic E-state index is -3.86. The van der Waals surface area contributed by atoms with Crippen LogP contribution in [-0.2, 0) is 19.9 Å². The number of sulfonamides is 1. The maximum absolute atomic E-state index is 12.6. The molecule has 0 unspecified atom stereocenters. The molecular formula is C12H16ClNO5S2. The first kappa shape index (κ1) is 16.7. The Morgan fingerprint density at radius 1 is 1.29 bits per heavy atom. The second kappa shape index (κ2) is 6.21. The Morgan fingerprint density at radius 3 is 2.38 bits per heavy atom. The SMILES string of the molecule is O=S1(=O)CC[C@@H](N(CCO)S(=O)(=O)c2ccc(Cl)cc2)C1. The van der Waals surface area contributed by atoms with E-state index in [2.05, 4.69) is 0 Å². The number of rotatable bonds is 5. The van der Waals surface area contributed by atoms with E-state index >= 15 is 0 Å². The van der Waals surface area contributed by atoms with Crippen LogP contribution in [0.5, 0.6) is 0 Å². The second-order valence-electron chi connectivity index (χ2n) is 4.85. The van der Waals surface area contributed by atoms with E-state index in [9.17, 15) is 16.8 Å². The maximum Gasteiger partial charge on any atom is 0.243 e. The van der Waals surface area contributed by atoms with Gasteiger partial charge in [0, 0.05) is 17.6 Å². The summed E-state index contributed by atoms with van der Waals surface area (Å²) < 4.78 is 49.4. The molecule has 1 aromatic carbocycles. The summed E-state index contributed by atoms with van der Waals surface area (Å²) in [5, 5.41) is 9.51. The third-order valence-corrected chi connectivity index (χ3v) is 7.32. The van der Waals surface area contributed by atoms with Crippen LogP contribution in [0.2, 0.25) is 5.02 Å². The van der Waals surface area contributed by atoms with Crippen molar-refractivity contribution in [1.29, 1.82) is 0 Å². The molecule has 1 aromatic rings. The van der Waals surface area contributed by atoms with Crippen molar-refractivity contribution in [1.82, 2.24) is 4.31 Å². The van der Waals surface area contributed by atoms with Gasteiger partial charge in [0.25, 0.3) is 0 Å². The Balaban J connectivity index is 2.35. The number of hydrogen-bond acceptors (Lipinski definition) is 5. The molecule has 0 aliphatic carbocycles. The smallest absolute Gasteiger partial charge is 0.243 e. The van der Waals surface area contributed by atoms with Gasteiger partial charge in [-0.1, -0.05) is 11.6 Å². The van der Waals surface area contributed by atoms with E-state index < -0.39 is 25.9 Å². The van der Waals surface area contributed by atoms with E-state index in [1.807, 2.05) is 0 Å². The monoisotopic (exact) mass is 353 g/mol. The molecule has 0 aromatic heterocycles. The van der Waals surface area contributed by atoms with Crippen LogP contribution >= 0.6 is 11.6 Å². The lowest BCUT2D eigenvalue weighted by Gasteiger charge is -2.26. The van der Waals surface area contributed by atoms with Gasteiger partial charge in [-0.05, 0) is 30.7 Å².